The molecule has 0 heterocycles. The third-order valence-electron chi connectivity index (χ3n) is 7.52. The summed E-state index contributed by atoms with van der Waals surface area (Å²) in [5.74, 6) is 3.66. The number of fused-ring (bicyclic) bond motifs is 3. The first kappa shape index (κ1) is 13.1. The molecular formula is C22H21Cl. The zero-order valence-electron chi connectivity index (χ0n) is 13.3. The third kappa shape index (κ3) is 1.45. The molecule has 116 valence electrons. The van der Waals surface area contributed by atoms with Gasteiger partial charge in [0.1, 0.15) is 0 Å². The Labute approximate surface area is 142 Å². The van der Waals surface area contributed by atoms with Crippen LogP contribution in [0.1, 0.15) is 43.2 Å². The summed E-state index contributed by atoms with van der Waals surface area (Å²) in [4.78, 5) is 0. The van der Waals surface area contributed by atoms with Crippen LogP contribution in [0.15, 0.2) is 42.5 Å². The van der Waals surface area contributed by atoms with Gasteiger partial charge in [-0.3, -0.25) is 0 Å². The maximum absolute atomic E-state index is 6.46. The van der Waals surface area contributed by atoms with Crippen molar-refractivity contribution in [3.05, 3.63) is 58.6 Å². The van der Waals surface area contributed by atoms with E-state index in [2.05, 4.69) is 42.5 Å². The minimum atomic E-state index is 0.268. The average molecular weight is 321 g/mol. The van der Waals surface area contributed by atoms with Crippen LogP contribution in [0.3, 0.4) is 0 Å². The zero-order valence-corrected chi connectivity index (χ0v) is 14.0. The molecular weight excluding hydrogens is 300 g/mol. The first-order valence-electron chi connectivity index (χ1n) is 9.16. The Balaban J connectivity index is 1.69. The van der Waals surface area contributed by atoms with E-state index in [1.165, 1.54) is 43.2 Å². The molecule has 1 heteroatoms. The molecule has 7 rings (SSSR count). The van der Waals surface area contributed by atoms with E-state index in [1.807, 2.05) is 0 Å². The maximum Gasteiger partial charge on any atom is 0.0409 e. The van der Waals surface area contributed by atoms with Crippen molar-refractivity contribution >= 4 is 11.6 Å². The fourth-order valence-electron chi connectivity index (χ4n) is 7.12. The quantitative estimate of drug-likeness (QED) is 0.553. The Morgan fingerprint density at radius 2 is 1.39 bits per heavy atom. The van der Waals surface area contributed by atoms with Gasteiger partial charge in [0.25, 0.3) is 0 Å². The Morgan fingerprint density at radius 3 is 2.13 bits per heavy atom. The van der Waals surface area contributed by atoms with Gasteiger partial charge >= 0.3 is 0 Å². The highest BCUT2D eigenvalue weighted by molar-refractivity contribution is 6.30. The van der Waals surface area contributed by atoms with Crippen molar-refractivity contribution in [3.63, 3.8) is 0 Å². The van der Waals surface area contributed by atoms with E-state index in [1.54, 1.807) is 11.1 Å². The average Bonchev–Trinajstić information content (AvgIpc) is 2.83. The highest BCUT2D eigenvalue weighted by Crippen LogP contribution is 2.69. The van der Waals surface area contributed by atoms with Crippen LogP contribution in [0.25, 0.3) is 11.1 Å². The van der Waals surface area contributed by atoms with E-state index in [0.717, 1.165) is 28.7 Å². The monoisotopic (exact) mass is 320 g/mol. The van der Waals surface area contributed by atoms with Gasteiger partial charge in [0.15, 0.2) is 0 Å². The summed E-state index contributed by atoms with van der Waals surface area (Å²) in [6.07, 6.45) is 7.26. The van der Waals surface area contributed by atoms with Crippen LogP contribution in [0.5, 0.6) is 0 Å². The highest BCUT2D eigenvalue weighted by atomic mass is 35.5. The lowest BCUT2D eigenvalue weighted by atomic mass is 9.43. The number of benzene rings is 2. The van der Waals surface area contributed by atoms with E-state index < -0.39 is 0 Å². The molecule has 0 N–H and O–H groups in total. The predicted octanol–water partition coefficient (Wildman–Crippen LogP) is 6.06. The summed E-state index contributed by atoms with van der Waals surface area (Å²) in [6.45, 7) is 0. The van der Waals surface area contributed by atoms with Gasteiger partial charge in [-0.2, -0.15) is 0 Å². The van der Waals surface area contributed by atoms with Crippen molar-refractivity contribution in [2.24, 2.45) is 23.7 Å². The van der Waals surface area contributed by atoms with Crippen LogP contribution >= 0.6 is 11.6 Å². The highest BCUT2D eigenvalue weighted by Gasteiger charge is 2.61. The molecule has 5 aliphatic rings. The molecule has 0 aliphatic heterocycles. The fourth-order valence-corrected chi connectivity index (χ4v) is 7.30. The summed E-state index contributed by atoms with van der Waals surface area (Å²) in [5, 5.41) is 0.907. The number of halogens is 1. The molecule has 0 atom stereocenters. The fraction of sp³-hybridized carbons (Fsp3) is 0.455. The Morgan fingerprint density at radius 1 is 0.739 bits per heavy atom. The normalized spacial score (nSPS) is 38.8. The van der Waals surface area contributed by atoms with Crippen molar-refractivity contribution < 1.29 is 0 Å². The van der Waals surface area contributed by atoms with E-state index >= 15 is 0 Å². The second-order valence-corrected chi connectivity index (χ2v) is 8.85. The first-order valence-corrected chi connectivity index (χ1v) is 9.54. The van der Waals surface area contributed by atoms with Gasteiger partial charge in [-0.25, -0.2) is 0 Å². The summed E-state index contributed by atoms with van der Waals surface area (Å²) >= 11 is 6.46. The molecule has 1 spiro atoms. The van der Waals surface area contributed by atoms with E-state index in [4.69, 9.17) is 11.6 Å². The molecule has 2 aromatic rings. The Hall–Kier alpha value is -1.27. The second kappa shape index (κ2) is 4.22. The number of hydrogen-bond donors (Lipinski definition) is 0. The molecule has 0 amide bonds. The zero-order chi connectivity index (χ0) is 15.2. The lowest BCUT2D eigenvalue weighted by Gasteiger charge is -2.61. The maximum atomic E-state index is 6.46. The van der Waals surface area contributed by atoms with Crippen LogP contribution < -0.4 is 0 Å². The molecule has 4 saturated carbocycles. The predicted molar refractivity (Wildman–Crippen MR) is 94.7 cm³/mol. The van der Waals surface area contributed by atoms with Crippen LogP contribution in [-0.2, 0) is 5.41 Å². The molecule has 0 nitrogen and oxygen atoms in total. The van der Waals surface area contributed by atoms with Gasteiger partial charge in [-0.15, -0.1) is 0 Å². The van der Waals surface area contributed by atoms with Crippen molar-refractivity contribution in [1.82, 2.24) is 0 Å². The molecule has 0 saturated heterocycles. The van der Waals surface area contributed by atoms with Crippen molar-refractivity contribution in [3.8, 4) is 11.1 Å². The second-order valence-electron chi connectivity index (χ2n) is 8.41. The lowest BCUT2D eigenvalue weighted by Crippen LogP contribution is -2.55. The molecule has 0 aromatic heterocycles. The summed E-state index contributed by atoms with van der Waals surface area (Å²) in [5.41, 5.74) is 6.37. The largest absolute Gasteiger partial charge is 0.0843 e. The molecule has 5 aliphatic carbocycles. The van der Waals surface area contributed by atoms with E-state index in [9.17, 15) is 0 Å². The Kier molecular flexibility index (Phi) is 2.40. The van der Waals surface area contributed by atoms with Gasteiger partial charge in [0.2, 0.25) is 0 Å². The third-order valence-corrected chi connectivity index (χ3v) is 7.75. The summed E-state index contributed by atoms with van der Waals surface area (Å²) in [7, 11) is 0. The smallest absolute Gasteiger partial charge is 0.0409 e. The minimum absolute atomic E-state index is 0.268. The van der Waals surface area contributed by atoms with Crippen LogP contribution in [0.2, 0.25) is 5.02 Å². The van der Waals surface area contributed by atoms with E-state index in [0.29, 0.717) is 0 Å². The minimum Gasteiger partial charge on any atom is -0.0843 e. The van der Waals surface area contributed by atoms with Crippen LogP contribution in [0, 0.1) is 23.7 Å². The van der Waals surface area contributed by atoms with Gasteiger partial charge in [-0.1, -0.05) is 41.9 Å². The van der Waals surface area contributed by atoms with Gasteiger partial charge in [0, 0.05) is 10.4 Å². The van der Waals surface area contributed by atoms with Gasteiger partial charge in [-0.05, 0) is 90.2 Å². The SMILES string of the molecule is Clc1ccc2c(c1)C1(c3ccccc3-2)C2CC3CC(C2)CC1C3. The molecule has 23 heavy (non-hydrogen) atoms. The molecule has 0 unspecified atom stereocenters. The number of rotatable bonds is 0. The Bertz CT molecular complexity index is 790. The van der Waals surface area contributed by atoms with Crippen molar-refractivity contribution in [1.29, 1.82) is 0 Å². The molecule has 2 aromatic carbocycles. The number of hydrogen-bond acceptors (Lipinski definition) is 0. The summed E-state index contributed by atoms with van der Waals surface area (Å²) in [6, 6.07) is 15.9. The van der Waals surface area contributed by atoms with E-state index in [-0.39, 0.29) is 5.41 Å². The summed E-state index contributed by atoms with van der Waals surface area (Å²) < 4.78 is 0. The topological polar surface area (TPSA) is 0 Å². The van der Waals surface area contributed by atoms with Gasteiger partial charge in [0.05, 0.1) is 0 Å². The van der Waals surface area contributed by atoms with Crippen molar-refractivity contribution in [2.75, 3.05) is 0 Å². The van der Waals surface area contributed by atoms with Gasteiger partial charge < -0.3 is 0 Å². The lowest BCUT2D eigenvalue weighted by molar-refractivity contribution is -0.0399. The first-order chi connectivity index (χ1) is 11.3. The van der Waals surface area contributed by atoms with Crippen LogP contribution in [-0.4, -0.2) is 0 Å². The van der Waals surface area contributed by atoms with Crippen LogP contribution in [0.4, 0.5) is 0 Å². The molecule has 4 bridgehead atoms. The standard InChI is InChI=1S/C22H21Cl/c23-17-5-6-19-18-3-1-2-4-20(18)22(21(19)12-17)15-8-13-7-14(10-15)11-16(22)9-13/h1-6,12-16H,7-11H2. The van der Waals surface area contributed by atoms with Crippen molar-refractivity contribution in [2.45, 2.75) is 37.5 Å². The molecule has 0 radical (unpaired) electrons. The molecule has 4 fully saturated rings.